The summed E-state index contributed by atoms with van der Waals surface area (Å²) < 4.78 is 29.1. The molecule has 0 aliphatic carbocycles. The summed E-state index contributed by atoms with van der Waals surface area (Å²) in [5.41, 5.74) is 14.6. The molecule has 6 rings (SSSR count). The number of aliphatic hydroxyl groups is 2. The smallest absolute Gasteiger partial charge is 0.264 e. The van der Waals surface area contributed by atoms with Gasteiger partial charge in [-0.2, -0.15) is 15.0 Å². The maximum Gasteiger partial charge on any atom is 0.264 e. The Morgan fingerprint density at radius 2 is 1.44 bits per heavy atom. The third kappa shape index (κ3) is 7.61. The summed E-state index contributed by atoms with van der Waals surface area (Å²) in [4.78, 5) is 17.5. The van der Waals surface area contributed by atoms with E-state index in [1.54, 1.807) is 35.2 Å². The number of hydrogen-bond donors (Lipinski definition) is 6. The van der Waals surface area contributed by atoms with E-state index in [1.807, 2.05) is 42.2 Å². The number of rotatable bonds is 9. The molecule has 15 heteroatoms. The van der Waals surface area contributed by atoms with Crippen molar-refractivity contribution in [3.05, 3.63) is 83.9 Å². The van der Waals surface area contributed by atoms with Crippen molar-refractivity contribution in [1.82, 2.24) is 15.0 Å². The van der Waals surface area contributed by atoms with Gasteiger partial charge >= 0.3 is 0 Å². The molecule has 0 radical (unpaired) electrons. The number of benzene rings is 3. The number of anilines is 5. The average Bonchev–Trinajstić information content (AvgIpc) is 3.04. The van der Waals surface area contributed by atoms with Crippen LogP contribution in [0.2, 0.25) is 0 Å². The lowest BCUT2D eigenvalue weighted by Crippen LogP contribution is -2.53. The Labute approximate surface area is 279 Å². The van der Waals surface area contributed by atoms with Gasteiger partial charge < -0.3 is 41.9 Å². The summed E-state index contributed by atoms with van der Waals surface area (Å²) in [5.74, 6) is 0.419. The highest BCUT2D eigenvalue weighted by molar-refractivity contribution is 7.92. The first-order valence-corrected chi connectivity index (χ1v) is 17.2. The Morgan fingerprint density at radius 1 is 0.833 bits per heavy atom. The number of sulfonamides is 1. The summed E-state index contributed by atoms with van der Waals surface area (Å²) in [7, 11) is -4.07. The largest absolute Gasteiger partial charge is 0.506 e. The molecule has 2 fully saturated rings. The second-order valence-corrected chi connectivity index (χ2v) is 14.4. The minimum absolute atomic E-state index is 0.00871. The Balaban J connectivity index is 1.34. The number of aromatic nitrogens is 3. The monoisotopic (exact) mass is 675 g/mol. The number of aromatic hydroxyl groups is 1. The van der Waals surface area contributed by atoms with Crippen LogP contribution in [0, 0.1) is 6.92 Å². The summed E-state index contributed by atoms with van der Waals surface area (Å²) in [5, 5.41) is 35.1. The minimum Gasteiger partial charge on any atom is -0.506 e. The summed E-state index contributed by atoms with van der Waals surface area (Å²) in [6.45, 7) is 3.27. The third-order valence-corrected chi connectivity index (χ3v) is 10.2. The normalized spacial score (nSPS) is 21.6. The Morgan fingerprint density at radius 3 is 2.04 bits per heavy atom. The number of nitrogens with zero attached hydrogens (tertiary/aromatic N) is 6. The van der Waals surface area contributed by atoms with Gasteiger partial charge in [-0.1, -0.05) is 48.0 Å². The van der Waals surface area contributed by atoms with Gasteiger partial charge in [0.1, 0.15) is 5.75 Å². The van der Waals surface area contributed by atoms with Crippen molar-refractivity contribution < 1.29 is 23.7 Å². The molecule has 254 valence electrons. The van der Waals surface area contributed by atoms with E-state index < -0.39 is 22.2 Å². The van der Waals surface area contributed by atoms with E-state index in [4.69, 9.17) is 11.5 Å². The first kappa shape index (κ1) is 33.4. The van der Waals surface area contributed by atoms with Crippen LogP contribution in [0.4, 0.5) is 29.2 Å². The van der Waals surface area contributed by atoms with Crippen molar-refractivity contribution in [2.24, 2.45) is 11.5 Å². The molecule has 2 aliphatic heterocycles. The maximum absolute atomic E-state index is 14.0. The van der Waals surface area contributed by atoms with Crippen LogP contribution in [0.15, 0.2) is 77.7 Å². The Bertz CT molecular complexity index is 1770. The Kier molecular flexibility index (Phi) is 9.66. The zero-order valence-electron chi connectivity index (χ0n) is 26.6. The summed E-state index contributed by atoms with van der Waals surface area (Å²) >= 11 is 0. The van der Waals surface area contributed by atoms with Gasteiger partial charge in [0.15, 0.2) is 0 Å². The van der Waals surface area contributed by atoms with Crippen molar-refractivity contribution >= 4 is 39.2 Å². The Hall–Kier alpha value is -4.54. The van der Waals surface area contributed by atoms with Crippen LogP contribution in [0.1, 0.15) is 24.0 Å². The predicted octanol–water partition coefficient (Wildman–Crippen LogP) is 1.82. The van der Waals surface area contributed by atoms with Gasteiger partial charge in [-0.3, -0.25) is 4.31 Å². The molecular weight excluding hydrogens is 634 g/mol. The molecule has 0 unspecified atom stereocenters. The molecule has 4 aromatic rings. The molecule has 0 saturated carbocycles. The lowest BCUT2D eigenvalue weighted by atomic mass is 10.0. The van der Waals surface area contributed by atoms with E-state index in [9.17, 15) is 23.7 Å². The van der Waals surface area contributed by atoms with E-state index >= 15 is 0 Å². The molecule has 2 saturated heterocycles. The fourth-order valence-electron chi connectivity index (χ4n) is 6.07. The van der Waals surface area contributed by atoms with Gasteiger partial charge in [0.05, 0.1) is 29.3 Å². The fraction of sp³-hybridized carbons (Fsp3) is 0.364. The van der Waals surface area contributed by atoms with Crippen LogP contribution in [-0.4, -0.2) is 89.2 Å². The predicted molar refractivity (Wildman–Crippen MR) is 184 cm³/mol. The number of piperidine rings is 2. The highest BCUT2D eigenvalue weighted by atomic mass is 32.2. The van der Waals surface area contributed by atoms with Gasteiger partial charge in [0.25, 0.3) is 10.0 Å². The van der Waals surface area contributed by atoms with Crippen molar-refractivity contribution in [3.8, 4) is 5.75 Å². The molecule has 0 amide bonds. The molecule has 8 N–H and O–H groups in total. The van der Waals surface area contributed by atoms with Crippen LogP contribution in [0.25, 0.3) is 0 Å². The highest BCUT2D eigenvalue weighted by Crippen LogP contribution is 2.36. The molecule has 1 aromatic heterocycles. The number of nitrogens with two attached hydrogens (primary N) is 2. The molecule has 2 aliphatic rings. The average molecular weight is 676 g/mol. The van der Waals surface area contributed by atoms with Crippen LogP contribution in [0.5, 0.6) is 5.75 Å². The number of phenolic OH excluding ortho intramolecular Hbond substituents is 1. The van der Waals surface area contributed by atoms with E-state index in [-0.39, 0.29) is 66.4 Å². The van der Waals surface area contributed by atoms with E-state index in [0.29, 0.717) is 31.1 Å². The molecule has 14 nitrogen and oxygen atoms in total. The van der Waals surface area contributed by atoms with Gasteiger partial charge in [-0.05, 0) is 43.2 Å². The molecular formula is C33H41N9O5S. The van der Waals surface area contributed by atoms with Gasteiger partial charge in [-0.15, -0.1) is 0 Å². The maximum atomic E-state index is 14.0. The molecule has 4 atom stereocenters. The lowest BCUT2D eigenvalue weighted by Gasteiger charge is -2.36. The number of aryl methyl sites for hydroxylation is 1. The van der Waals surface area contributed by atoms with E-state index in [0.717, 1.165) is 11.1 Å². The number of nitrogens with one attached hydrogen (secondary N) is 1. The zero-order chi connectivity index (χ0) is 34.0. The van der Waals surface area contributed by atoms with Gasteiger partial charge in [0, 0.05) is 56.4 Å². The van der Waals surface area contributed by atoms with Crippen LogP contribution in [-0.2, 0) is 16.6 Å². The SMILES string of the molecule is Cc1ccc(S(=O)(=O)N(Cc2ccccc2)c2ccc(Nc3nc(N4C[C@H](N)C[C@H](N)C4)nc(N4C[C@H](O)C[C@@H](O)C4)n3)cc2O)cc1. The van der Waals surface area contributed by atoms with E-state index in [1.165, 1.54) is 16.4 Å². The van der Waals surface area contributed by atoms with Crippen molar-refractivity contribution in [3.63, 3.8) is 0 Å². The first-order chi connectivity index (χ1) is 22.9. The number of β-amino-alcohol motifs (C(OH)–C–C–N with tert-alkyl or cyclic N) is 2. The highest BCUT2D eigenvalue weighted by Gasteiger charge is 2.31. The quantitative estimate of drug-likeness (QED) is 0.150. The number of hydrogen-bond acceptors (Lipinski definition) is 13. The molecule has 0 bridgehead atoms. The van der Waals surface area contributed by atoms with Crippen molar-refractivity contribution in [2.45, 2.75) is 55.5 Å². The zero-order valence-corrected chi connectivity index (χ0v) is 27.4. The number of phenols is 1. The topological polar surface area (TPSA) is 207 Å². The number of aliphatic hydroxyl groups excluding tert-OH is 2. The van der Waals surface area contributed by atoms with Crippen molar-refractivity contribution in [2.75, 3.05) is 45.6 Å². The minimum atomic E-state index is -4.07. The van der Waals surface area contributed by atoms with Gasteiger partial charge in [0.2, 0.25) is 17.8 Å². The summed E-state index contributed by atoms with van der Waals surface area (Å²) in [6, 6.07) is 19.9. The molecule has 3 aromatic carbocycles. The standard InChI is InChI=1S/C33H41N9O5S/c1-21-7-10-28(11-8-21)48(46,47)42(16-22-5-3-2-4-6-22)29-12-9-25(14-30(29)45)36-31-37-32(40-17-23(34)13-24(35)18-40)39-33(38-31)41-19-26(43)15-27(44)20-41/h2-12,14,23-24,26-27,43-45H,13,15-20,34-35H2,1H3,(H,36,37,38,39)/t23-,24+,26-,27-/m1/s1. The van der Waals surface area contributed by atoms with Crippen LogP contribution >= 0.6 is 0 Å². The van der Waals surface area contributed by atoms with E-state index in [2.05, 4.69) is 20.3 Å². The summed E-state index contributed by atoms with van der Waals surface area (Å²) in [6.07, 6.45) is -0.609. The van der Waals surface area contributed by atoms with Crippen LogP contribution < -0.4 is 30.9 Å². The third-order valence-electron chi connectivity index (χ3n) is 8.38. The lowest BCUT2D eigenvalue weighted by molar-refractivity contribution is 0.0645. The molecule has 3 heterocycles. The van der Waals surface area contributed by atoms with Crippen molar-refractivity contribution in [1.29, 1.82) is 0 Å². The van der Waals surface area contributed by atoms with Gasteiger partial charge in [-0.25, -0.2) is 8.42 Å². The molecule has 0 spiro atoms. The molecule has 48 heavy (non-hydrogen) atoms. The first-order valence-electron chi connectivity index (χ1n) is 15.8. The fourth-order valence-corrected chi connectivity index (χ4v) is 7.54. The second kappa shape index (κ2) is 13.9. The second-order valence-electron chi connectivity index (χ2n) is 12.5. The van der Waals surface area contributed by atoms with Crippen LogP contribution in [0.3, 0.4) is 0 Å².